The van der Waals surface area contributed by atoms with Crippen molar-refractivity contribution in [3.05, 3.63) is 42.2 Å². The van der Waals surface area contributed by atoms with Crippen LogP contribution in [0.5, 0.6) is 0 Å². The van der Waals surface area contributed by atoms with Crippen molar-refractivity contribution in [1.82, 2.24) is 19.3 Å². The van der Waals surface area contributed by atoms with Crippen LogP contribution in [-0.4, -0.2) is 19.3 Å². The predicted molar refractivity (Wildman–Crippen MR) is 85.1 cm³/mol. The number of aromatic nitrogens is 4. The van der Waals surface area contributed by atoms with Crippen molar-refractivity contribution in [2.45, 2.75) is 40.8 Å². The van der Waals surface area contributed by atoms with E-state index in [2.05, 4.69) is 41.9 Å². The maximum absolute atomic E-state index is 12.1. The molecule has 2 aromatic heterocycles. The summed E-state index contributed by atoms with van der Waals surface area (Å²) in [6, 6.07) is 0. The van der Waals surface area contributed by atoms with Gasteiger partial charge in [0.1, 0.15) is 0 Å². The highest BCUT2D eigenvalue weighted by atomic mass is 79.9. The molecule has 0 atom stereocenters. The lowest BCUT2D eigenvalue weighted by Crippen LogP contribution is -2.28. The molecule has 108 valence electrons. The lowest BCUT2D eigenvalue weighted by Gasteiger charge is -2.13. The van der Waals surface area contributed by atoms with Crippen molar-refractivity contribution in [1.29, 1.82) is 0 Å². The summed E-state index contributed by atoms with van der Waals surface area (Å²) in [7, 11) is 0. The smallest absolute Gasteiger partial charge is 0.289 e. The standard InChI is InChI=1S/C13H16Br2N4O/c1-5-19-10(12(15)8(3)17-19)6-18-9(4)11(14)7(2)16-13(18)20/h5-6H2,1-4H3. The number of halogens is 2. The van der Waals surface area contributed by atoms with E-state index in [1.54, 1.807) is 4.57 Å². The van der Waals surface area contributed by atoms with E-state index in [0.717, 1.165) is 32.6 Å². The van der Waals surface area contributed by atoms with Crippen LogP contribution in [0.25, 0.3) is 0 Å². The Bertz CT molecular complexity index is 718. The van der Waals surface area contributed by atoms with Gasteiger partial charge in [0.2, 0.25) is 0 Å². The molecule has 5 nitrogen and oxygen atoms in total. The fourth-order valence-corrected chi connectivity index (χ4v) is 2.84. The third kappa shape index (κ3) is 2.61. The van der Waals surface area contributed by atoms with Gasteiger partial charge in [-0.15, -0.1) is 0 Å². The Morgan fingerprint density at radius 1 is 1.10 bits per heavy atom. The van der Waals surface area contributed by atoms with E-state index >= 15 is 0 Å². The summed E-state index contributed by atoms with van der Waals surface area (Å²) in [5, 5.41) is 4.45. The normalized spacial score (nSPS) is 11.1. The van der Waals surface area contributed by atoms with Gasteiger partial charge in [-0.25, -0.2) is 4.79 Å². The van der Waals surface area contributed by atoms with Gasteiger partial charge in [0, 0.05) is 12.2 Å². The Balaban J connectivity index is 2.56. The molecular formula is C13H16Br2N4O. The molecule has 0 amide bonds. The Morgan fingerprint density at radius 2 is 1.75 bits per heavy atom. The molecule has 2 aromatic rings. The Kier molecular flexibility index (Phi) is 4.49. The first-order valence-electron chi connectivity index (χ1n) is 6.32. The van der Waals surface area contributed by atoms with Crippen LogP contribution in [0, 0.1) is 20.8 Å². The van der Waals surface area contributed by atoms with E-state index in [-0.39, 0.29) is 5.69 Å². The number of rotatable bonds is 3. The molecule has 0 saturated carbocycles. The van der Waals surface area contributed by atoms with Crippen LogP contribution >= 0.6 is 31.9 Å². The van der Waals surface area contributed by atoms with Crippen LogP contribution in [0.2, 0.25) is 0 Å². The molecule has 0 bridgehead atoms. The summed E-state index contributed by atoms with van der Waals surface area (Å²) in [6.45, 7) is 8.91. The first-order valence-corrected chi connectivity index (χ1v) is 7.90. The number of aryl methyl sites for hydroxylation is 3. The molecule has 0 aliphatic rings. The van der Waals surface area contributed by atoms with Gasteiger partial charge in [0.05, 0.1) is 32.6 Å². The number of hydrogen-bond donors (Lipinski definition) is 0. The van der Waals surface area contributed by atoms with E-state index in [4.69, 9.17) is 0 Å². The summed E-state index contributed by atoms with van der Waals surface area (Å²) in [5.74, 6) is 0. The lowest BCUT2D eigenvalue weighted by atomic mass is 10.3. The van der Waals surface area contributed by atoms with Crippen molar-refractivity contribution >= 4 is 31.9 Å². The summed E-state index contributed by atoms with van der Waals surface area (Å²) >= 11 is 7.03. The minimum atomic E-state index is -0.239. The molecular weight excluding hydrogens is 388 g/mol. The second-order valence-electron chi connectivity index (χ2n) is 4.63. The molecule has 0 N–H and O–H groups in total. The van der Waals surface area contributed by atoms with E-state index in [0.29, 0.717) is 12.2 Å². The summed E-state index contributed by atoms with van der Waals surface area (Å²) in [6.07, 6.45) is 0. The van der Waals surface area contributed by atoms with Gasteiger partial charge >= 0.3 is 5.69 Å². The predicted octanol–water partition coefficient (Wildman–Crippen LogP) is 2.96. The van der Waals surface area contributed by atoms with Gasteiger partial charge in [-0.2, -0.15) is 10.1 Å². The average Bonchev–Trinajstić information content (AvgIpc) is 2.68. The zero-order valence-corrected chi connectivity index (χ0v) is 15.0. The van der Waals surface area contributed by atoms with Gasteiger partial charge in [-0.05, 0) is 59.6 Å². The fraction of sp³-hybridized carbons (Fsp3) is 0.462. The van der Waals surface area contributed by atoms with Crippen molar-refractivity contribution in [3.63, 3.8) is 0 Å². The number of hydrogen-bond acceptors (Lipinski definition) is 3. The molecule has 0 fully saturated rings. The first-order chi connectivity index (χ1) is 9.36. The van der Waals surface area contributed by atoms with E-state index in [1.807, 2.05) is 32.4 Å². The minimum absolute atomic E-state index is 0.239. The van der Waals surface area contributed by atoms with Gasteiger partial charge in [0.15, 0.2) is 0 Å². The molecule has 0 aliphatic carbocycles. The zero-order valence-electron chi connectivity index (χ0n) is 11.9. The second kappa shape index (κ2) is 5.81. The van der Waals surface area contributed by atoms with Crippen LogP contribution < -0.4 is 5.69 Å². The highest BCUT2D eigenvalue weighted by Crippen LogP contribution is 2.23. The average molecular weight is 404 g/mol. The van der Waals surface area contributed by atoms with Gasteiger partial charge in [-0.3, -0.25) is 9.25 Å². The summed E-state index contributed by atoms with van der Waals surface area (Å²) < 4.78 is 5.37. The molecule has 0 aromatic carbocycles. The van der Waals surface area contributed by atoms with Crippen LogP contribution in [-0.2, 0) is 13.1 Å². The highest BCUT2D eigenvalue weighted by Gasteiger charge is 2.16. The molecule has 2 rings (SSSR count). The Labute approximate surface area is 134 Å². The zero-order chi connectivity index (χ0) is 15.0. The third-order valence-electron chi connectivity index (χ3n) is 3.30. The Morgan fingerprint density at radius 3 is 2.35 bits per heavy atom. The molecule has 7 heteroatoms. The summed E-state index contributed by atoms with van der Waals surface area (Å²) in [5.41, 5.74) is 3.25. The van der Waals surface area contributed by atoms with E-state index in [1.165, 1.54) is 0 Å². The molecule has 0 spiro atoms. The SMILES string of the molecule is CCn1nc(C)c(Br)c1Cn1c(C)c(Br)c(C)nc1=O. The van der Waals surface area contributed by atoms with Gasteiger partial charge in [-0.1, -0.05) is 0 Å². The molecule has 0 saturated heterocycles. The minimum Gasteiger partial charge on any atom is -0.289 e. The third-order valence-corrected chi connectivity index (χ3v) is 5.47. The largest absolute Gasteiger partial charge is 0.348 e. The van der Waals surface area contributed by atoms with Gasteiger partial charge in [0.25, 0.3) is 0 Å². The molecule has 0 unspecified atom stereocenters. The summed E-state index contributed by atoms with van der Waals surface area (Å²) in [4.78, 5) is 16.2. The fourth-order valence-electron chi connectivity index (χ4n) is 2.13. The van der Waals surface area contributed by atoms with Crippen molar-refractivity contribution in [3.8, 4) is 0 Å². The van der Waals surface area contributed by atoms with Crippen molar-refractivity contribution in [2.24, 2.45) is 0 Å². The maximum Gasteiger partial charge on any atom is 0.348 e. The Hall–Kier alpha value is -0.950. The molecule has 0 aliphatic heterocycles. The van der Waals surface area contributed by atoms with Crippen molar-refractivity contribution in [2.75, 3.05) is 0 Å². The molecule has 20 heavy (non-hydrogen) atoms. The number of nitrogens with zero attached hydrogens (tertiary/aromatic N) is 4. The highest BCUT2D eigenvalue weighted by molar-refractivity contribution is 9.10. The van der Waals surface area contributed by atoms with Crippen LogP contribution in [0.4, 0.5) is 0 Å². The monoisotopic (exact) mass is 402 g/mol. The first kappa shape index (κ1) is 15.4. The van der Waals surface area contributed by atoms with Crippen LogP contribution in [0.3, 0.4) is 0 Å². The van der Waals surface area contributed by atoms with Gasteiger partial charge < -0.3 is 0 Å². The molecule has 2 heterocycles. The molecule has 0 radical (unpaired) electrons. The topological polar surface area (TPSA) is 52.7 Å². The van der Waals surface area contributed by atoms with E-state index < -0.39 is 0 Å². The lowest BCUT2D eigenvalue weighted by molar-refractivity contribution is 0.578. The quantitative estimate of drug-likeness (QED) is 0.791. The van der Waals surface area contributed by atoms with E-state index in [9.17, 15) is 4.79 Å². The maximum atomic E-state index is 12.1. The van der Waals surface area contributed by atoms with Crippen LogP contribution in [0.1, 0.15) is 29.7 Å². The van der Waals surface area contributed by atoms with Crippen molar-refractivity contribution < 1.29 is 0 Å². The van der Waals surface area contributed by atoms with Crippen LogP contribution in [0.15, 0.2) is 13.7 Å². The second-order valence-corrected chi connectivity index (χ2v) is 6.21.